The Hall–Kier alpha value is -3.39. The lowest BCUT2D eigenvalue weighted by molar-refractivity contribution is -1.02. The molecule has 1 spiro atoms. The molecular formula is C29H35N7O+2. The summed E-state index contributed by atoms with van der Waals surface area (Å²) in [5, 5.41) is 5.41. The number of rotatable bonds is 3. The molecule has 3 aromatic rings. The van der Waals surface area contributed by atoms with Crippen LogP contribution in [-0.4, -0.2) is 61.9 Å². The predicted molar refractivity (Wildman–Crippen MR) is 145 cm³/mol. The number of fused-ring (bicyclic) bond motifs is 2. The maximum absolute atomic E-state index is 13.4. The number of anilines is 1. The van der Waals surface area contributed by atoms with Crippen molar-refractivity contribution in [1.29, 1.82) is 0 Å². The van der Waals surface area contributed by atoms with Gasteiger partial charge in [0.05, 0.1) is 22.0 Å². The molecule has 2 fully saturated rings. The van der Waals surface area contributed by atoms with Crippen LogP contribution in [0.1, 0.15) is 50.8 Å². The SMILES string of the molecule is Cc1nc2cnccc2n1-c1ccc(N2C=C3C[N+]4(CCCC[N+](=O)C4C2)N=C3C2CCCCC2)cc1. The van der Waals surface area contributed by atoms with Gasteiger partial charge >= 0.3 is 6.17 Å². The van der Waals surface area contributed by atoms with Gasteiger partial charge < -0.3 is 4.90 Å². The molecule has 4 aliphatic rings. The average Bonchev–Trinajstić information content (AvgIpc) is 3.34. The van der Waals surface area contributed by atoms with Crippen LogP contribution in [0.4, 0.5) is 5.69 Å². The molecule has 2 unspecified atom stereocenters. The fourth-order valence-electron chi connectivity index (χ4n) is 7.02. The van der Waals surface area contributed by atoms with Gasteiger partial charge in [0, 0.05) is 47.4 Å². The van der Waals surface area contributed by atoms with Gasteiger partial charge in [-0.15, -0.1) is 4.59 Å². The van der Waals surface area contributed by atoms with Gasteiger partial charge in [0.25, 0.3) is 0 Å². The third kappa shape index (κ3) is 3.81. The minimum absolute atomic E-state index is 0.177. The summed E-state index contributed by atoms with van der Waals surface area (Å²) in [5.41, 5.74) is 6.79. The van der Waals surface area contributed by atoms with Crippen molar-refractivity contribution in [1.82, 2.24) is 14.5 Å². The molecule has 1 aromatic carbocycles. The van der Waals surface area contributed by atoms with E-state index in [2.05, 4.69) is 49.9 Å². The van der Waals surface area contributed by atoms with Crippen LogP contribution in [-0.2, 0) is 0 Å². The number of quaternary nitrogens is 1. The minimum atomic E-state index is -0.177. The van der Waals surface area contributed by atoms with Crippen LogP contribution < -0.4 is 4.90 Å². The zero-order valence-electron chi connectivity index (χ0n) is 21.6. The Morgan fingerprint density at radius 3 is 2.65 bits per heavy atom. The van der Waals surface area contributed by atoms with Gasteiger partial charge in [0.2, 0.25) is 0 Å². The van der Waals surface area contributed by atoms with E-state index in [1.807, 2.05) is 25.4 Å². The van der Waals surface area contributed by atoms with Gasteiger partial charge in [-0.1, -0.05) is 24.4 Å². The molecule has 0 amide bonds. The topological polar surface area (TPSA) is 66.4 Å². The van der Waals surface area contributed by atoms with E-state index in [4.69, 9.17) is 5.10 Å². The normalized spacial score (nSPS) is 26.5. The first-order chi connectivity index (χ1) is 18.1. The second-order valence-corrected chi connectivity index (χ2v) is 11.2. The van der Waals surface area contributed by atoms with Gasteiger partial charge in [0.1, 0.15) is 36.7 Å². The van der Waals surface area contributed by atoms with E-state index in [1.54, 1.807) is 0 Å². The van der Waals surface area contributed by atoms with Gasteiger partial charge in [-0.25, -0.2) is 4.98 Å². The van der Waals surface area contributed by atoms with Crippen molar-refractivity contribution in [2.75, 3.05) is 31.1 Å². The monoisotopic (exact) mass is 497 g/mol. The van der Waals surface area contributed by atoms with Crippen LogP contribution in [0.25, 0.3) is 16.7 Å². The molecule has 2 bridgehead atoms. The number of hydrogen-bond donors (Lipinski definition) is 0. The van der Waals surface area contributed by atoms with Gasteiger partial charge in [-0.2, -0.15) is 0 Å². The fraction of sp³-hybridized carbons (Fsp3) is 0.483. The Kier molecular flexibility index (Phi) is 5.46. The molecule has 3 aliphatic heterocycles. The van der Waals surface area contributed by atoms with Crippen molar-refractivity contribution >= 4 is 22.4 Å². The highest BCUT2D eigenvalue weighted by Gasteiger charge is 2.56. The lowest BCUT2D eigenvalue weighted by atomic mass is 9.83. The Bertz CT molecular complexity index is 1420. The summed E-state index contributed by atoms with van der Waals surface area (Å²) < 4.78 is 4.09. The van der Waals surface area contributed by atoms with E-state index in [-0.39, 0.29) is 6.17 Å². The lowest BCUT2D eigenvalue weighted by Crippen LogP contribution is -2.57. The molecule has 1 saturated carbocycles. The highest BCUT2D eigenvalue weighted by Crippen LogP contribution is 2.39. The minimum Gasteiger partial charge on any atom is -0.334 e. The molecule has 5 heterocycles. The smallest absolute Gasteiger partial charge is 0.334 e. The van der Waals surface area contributed by atoms with Crippen molar-refractivity contribution in [3.63, 3.8) is 0 Å². The Morgan fingerprint density at radius 1 is 1.00 bits per heavy atom. The summed E-state index contributed by atoms with van der Waals surface area (Å²) in [6, 6.07) is 10.7. The molecule has 190 valence electrons. The third-order valence-electron chi connectivity index (χ3n) is 8.87. The first-order valence-corrected chi connectivity index (χ1v) is 13.9. The van der Waals surface area contributed by atoms with Crippen molar-refractivity contribution < 1.29 is 9.35 Å². The lowest BCUT2D eigenvalue weighted by Gasteiger charge is -2.31. The highest BCUT2D eigenvalue weighted by molar-refractivity contribution is 6.03. The van der Waals surface area contributed by atoms with Crippen LogP contribution in [0.5, 0.6) is 0 Å². The van der Waals surface area contributed by atoms with Crippen LogP contribution in [0.15, 0.2) is 59.6 Å². The van der Waals surface area contributed by atoms with E-state index in [0.29, 0.717) is 23.6 Å². The Balaban J connectivity index is 1.27. The first kappa shape index (κ1) is 22.8. The molecule has 8 nitrogen and oxygen atoms in total. The summed E-state index contributed by atoms with van der Waals surface area (Å²) in [7, 11) is 0. The van der Waals surface area contributed by atoms with Crippen LogP contribution in [0.3, 0.4) is 0 Å². The summed E-state index contributed by atoms with van der Waals surface area (Å²) in [6.07, 6.45) is 14.2. The Labute approximate surface area is 217 Å². The van der Waals surface area contributed by atoms with Crippen molar-refractivity contribution in [3.8, 4) is 5.69 Å². The number of hydrogen-bond acceptors (Lipinski definition) is 5. The van der Waals surface area contributed by atoms with Crippen LogP contribution in [0.2, 0.25) is 0 Å². The summed E-state index contributed by atoms with van der Waals surface area (Å²) >= 11 is 0. The van der Waals surface area contributed by atoms with Gasteiger partial charge in [0.15, 0.2) is 6.54 Å². The molecular weight excluding hydrogens is 462 g/mol. The summed E-state index contributed by atoms with van der Waals surface area (Å²) in [6.45, 7) is 5.11. The number of pyridine rings is 1. The largest absolute Gasteiger partial charge is 0.367 e. The second kappa shape index (κ2) is 8.87. The molecule has 1 aliphatic carbocycles. The molecule has 1 saturated heterocycles. The summed E-state index contributed by atoms with van der Waals surface area (Å²) in [5.74, 6) is 1.48. The molecule has 37 heavy (non-hydrogen) atoms. The molecule has 2 atom stereocenters. The van der Waals surface area contributed by atoms with Crippen molar-refractivity contribution in [3.05, 3.63) is 65.2 Å². The number of imidazole rings is 1. The fourth-order valence-corrected chi connectivity index (χ4v) is 7.02. The number of aromatic nitrogens is 3. The third-order valence-corrected chi connectivity index (χ3v) is 8.87. The molecule has 2 aromatic heterocycles. The van der Waals surface area contributed by atoms with E-state index in [0.717, 1.165) is 54.2 Å². The maximum atomic E-state index is 13.4. The first-order valence-electron chi connectivity index (χ1n) is 13.9. The zero-order valence-corrected chi connectivity index (χ0v) is 21.6. The number of nitrogens with zero attached hydrogens (tertiary/aromatic N) is 7. The van der Waals surface area contributed by atoms with Crippen molar-refractivity contribution in [2.45, 2.75) is 58.0 Å². The number of nitroso groups, excluding NO2 is 1. The number of benzene rings is 1. The van der Waals surface area contributed by atoms with Gasteiger partial charge in [-0.05, 0) is 50.1 Å². The standard InChI is InChI=1S/C29H35N7O/c1-21-31-26-17-30-14-13-27(26)35(21)25-11-9-24(10-12-25)33-18-23-20-36(16-6-5-15-34(37)28(36)19-33)32-29(23)22-7-3-2-4-8-22/h9-14,17-18,22,28H,2-8,15-16,19-20H2,1H3/q+2. The predicted octanol–water partition coefficient (Wildman–Crippen LogP) is 5.10. The molecule has 0 N–H and O–H groups in total. The second-order valence-electron chi connectivity index (χ2n) is 11.2. The summed E-state index contributed by atoms with van der Waals surface area (Å²) in [4.78, 5) is 24.6. The molecule has 7 rings (SSSR count). The molecule has 0 radical (unpaired) electrons. The van der Waals surface area contributed by atoms with Crippen molar-refractivity contribution in [2.24, 2.45) is 11.0 Å². The van der Waals surface area contributed by atoms with Crippen LogP contribution in [0, 0.1) is 17.7 Å². The van der Waals surface area contributed by atoms with E-state index in [9.17, 15) is 4.91 Å². The average molecular weight is 498 g/mol. The van der Waals surface area contributed by atoms with Gasteiger partial charge in [-0.3, -0.25) is 9.55 Å². The zero-order chi connectivity index (χ0) is 25.0. The number of aryl methyl sites for hydroxylation is 1. The van der Waals surface area contributed by atoms with E-state index in [1.165, 1.54) is 48.1 Å². The molecule has 8 heteroatoms. The Morgan fingerprint density at radius 2 is 1.81 bits per heavy atom. The van der Waals surface area contributed by atoms with Crippen LogP contribution >= 0.6 is 0 Å². The van der Waals surface area contributed by atoms with E-state index >= 15 is 0 Å². The van der Waals surface area contributed by atoms with E-state index < -0.39 is 0 Å². The quantitative estimate of drug-likeness (QED) is 0.373. The maximum Gasteiger partial charge on any atom is 0.367 e. The highest BCUT2D eigenvalue weighted by atomic mass is 16.3.